The number of rotatable bonds is 6. The van der Waals surface area contributed by atoms with Crippen molar-refractivity contribution in [2.75, 3.05) is 13.2 Å². The molecule has 1 aliphatic heterocycles. The SMILES string of the molecule is O=C1CCC(COP)(COCc2ccccc2)O1. The summed E-state index contributed by atoms with van der Waals surface area (Å²) in [5.41, 5.74) is 0.483. The maximum absolute atomic E-state index is 11.2. The minimum atomic E-state index is -0.617. The normalized spacial score (nSPS) is 23.1. The molecule has 0 aliphatic carbocycles. The standard InChI is InChI=1S/C13H17O4P/c14-12-6-7-13(17-12,10-16-18)9-15-8-11-4-2-1-3-5-11/h1-5H,6-10,18H2. The van der Waals surface area contributed by atoms with E-state index < -0.39 is 5.60 Å². The molecule has 0 N–H and O–H groups in total. The maximum Gasteiger partial charge on any atom is 0.306 e. The van der Waals surface area contributed by atoms with Crippen LogP contribution < -0.4 is 0 Å². The molecule has 0 saturated carbocycles. The smallest absolute Gasteiger partial charge is 0.306 e. The van der Waals surface area contributed by atoms with Gasteiger partial charge in [-0.05, 0) is 5.56 Å². The predicted molar refractivity (Wildman–Crippen MR) is 69.8 cm³/mol. The molecule has 2 rings (SSSR count). The Morgan fingerprint density at radius 3 is 2.67 bits per heavy atom. The summed E-state index contributed by atoms with van der Waals surface area (Å²) in [6.07, 6.45) is 1.08. The van der Waals surface area contributed by atoms with E-state index >= 15 is 0 Å². The summed E-state index contributed by atoms with van der Waals surface area (Å²) in [5.74, 6) is -0.180. The van der Waals surface area contributed by atoms with Gasteiger partial charge >= 0.3 is 5.97 Å². The van der Waals surface area contributed by atoms with Crippen molar-refractivity contribution in [1.82, 2.24) is 0 Å². The number of carbonyl (C=O) groups is 1. The van der Waals surface area contributed by atoms with Crippen LogP contribution in [-0.4, -0.2) is 24.8 Å². The zero-order valence-corrected chi connectivity index (χ0v) is 11.3. The second kappa shape index (κ2) is 6.28. The number of hydrogen-bond acceptors (Lipinski definition) is 4. The van der Waals surface area contributed by atoms with E-state index in [0.717, 1.165) is 5.56 Å². The fraction of sp³-hybridized carbons (Fsp3) is 0.462. The number of hydrogen-bond donors (Lipinski definition) is 0. The van der Waals surface area contributed by atoms with Gasteiger partial charge in [-0.15, -0.1) is 0 Å². The van der Waals surface area contributed by atoms with E-state index in [1.54, 1.807) is 0 Å². The summed E-state index contributed by atoms with van der Waals surface area (Å²) in [7, 11) is 2.18. The van der Waals surface area contributed by atoms with Gasteiger partial charge in [-0.2, -0.15) is 0 Å². The van der Waals surface area contributed by atoms with Crippen molar-refractivity contribution in [3.8, 4) is 0 Å². The molecule has 4 nitrogen and oxygen atoms in total. The van der Waals surface area contributed by atoms with Crippen LogP contribution in [0.1, 0.15) is 18.4 Å². The molecule has 2 atom stereocenters. The van der Waals surface area contributed by atoms with Crippen molar-refractivity contribution in [3.63, 3.8) is 0 Å². The third kappa shape index (κ3) is 3.52. The monoisotopic (exact) mass is 268 g/mol. The van der Waals surface area contributed by atoms with Crippen LogP contribution in [0.2, 0.25) is 0 Å². The van der Waals surface area contributed by atoms with E-state index in [9.17, 15) is 4.79 Å². The highest BCUT2D eigenvalue weighted by molar-refractivity contribution is 7.09. The molecule has 18 heavy (non-hydrogen) atoms. The molecule has 0 aromatic heterocycles. The lowest BCUT2D eigenvalue weighted by atomic mass is 10.0. The summed E-state index contributed by atoms with van der Waals surface area (Å²) in [6.45, 7) is 1.22. The fourth-order valence-corrected chi connectivity index (χ4v) is 2.30. The van der Waals surface area contributed by atoms with Gasteiger partial charge < -0.3 is 14.0 Å². The predicted octanol–water partition coefficient (Wildman–Crippen LogP) is 2.09. The Kier molecular flexibility index (Phi) is 4.70. The molecule has 1 aromatic rings. The summed E-state index contributed by atoms with van der Waals surface area (Å²) in [4.78, 5) is 11.2. The van der Waals surface area contributed by atoms with Gasteiger partial charge in [-0.3, -0.25) is 4.79 Å². The molecular formula is C13H17O4P. The molecule has 1 saturated heterocycles. The molecule has 98 valence electrons. The minimum absolute atomic E-state index is 0.180. The molecule has 5 heteroatoms. The summed E-state index contributed by atoms with van der Waals surface area (Å²) in [6, 6.07) is 9.90. The van der Waals surface area contributed by atoms with Gasteiger partial charge in [0.1, 0.15) is 0 Å². The van der Waals surface area contributed by atoms with Gasteiger partial charge in [0.05, 0.1) is 19.8 Å². The number of carbonyl (C=O) groups excluding carboxylic acids is 1. The largest absolute Gasteiger partial charge is 0.454 e. The minimum Gasteiger partial charge on any atom is -0.454 e. The average Bonchev–Trinajstić information content (AvgIpc) is 2.73. The Morgan fingerprint density at radius 2 is 2.06 bits per heavy atom. The van der Waals surface area contributed by atoms with Crippen LogP contribution in [0, 0.1) is 0 Å². The van der Waals surface area contributed by atoms with Crippen LogP contribution in [0.15, 0.2) is 30.3 Å². The van der Waals surface area contributed by atoms with Crippen LogP contribution in [0.5, 0.6) is 0 Å². The molecule has 2 unspecified atom stereocenters. The van der Waals surface area contributed by atoms with Crippen LogP contribution in [-0.2, 0) is 25.4 Å². The second-order valence-corrected chi connectivity index (χ2v) is 4.78. The van der Waals surface area contributed by atoms with Gasteiger partial charge in [0.15, 0.2) is 5.60 Å². The summed E-state index contributed by atoms with van der Waals surface area (Å²) >= 11 is 0. The molecule has 0 bridgehead atoms. The zero-order valence-electron chi connectivity index (χ0n) is 10.1. The average molecular weight is 268 g/mol. The Bertz CT molecular complexity index is 395. The third-order valence-corrected chi connectivity index (χ3v) is 3.10. The van der Waals surface area contributed by atoms with Gasteiger partial charge in [0.2, 0.25) is 0 Å². The lowest BCUT2D eigenvalue weighted by Gasteiger charge is -2.26. The summed E-state index contributed by atoms with van der Waals surface area (Å²) < 4.78 is 16.0. The van der Waals surface area contributed by atoms with E-state index in [-0.39, 0.29) is 5.97 Å². The van der Waals surface area contributed by atoms with Crippen LogP contribution in [0.3, 0.4) is 0 Å². The van der Waals surface area contributed by atoms with Crippen LogP contribution >= 0.6 is 9.47 Å². The Labute approximate surface area is 109 Å². The fourth-order valence-electron chi connectivity index (χ4n) is 2.00. The van der Waals surface area contributed by atoms with Crippen molar-refractivity contribution in [1.29, 1.82) is 0 Å². The lowest BCUT2D eigenvalue weighted by molar-refractivity contribution is -0.157. The molecule has 0 amide bonds. The van der Waals surface area contributed by atoms with Gasteiger partial charge in [-0.25, -0.2) is 0 Å². The molecular weight excluding hydrogens is 251 g/mol. The van der Waals surface area contributed by atoms with Crippen molar-refractivity contribution in [2.45, 2.75) is 25.0 Å². The lowest BCUT2D eigenvalue weighted by Crippen LogP contribution is -2.38. The number of ether oxygens (including phenoxy) is 2. The van der Waals surface area contributed by atoms with Gasteiger partial charge in [0.25, 0.3) is 0 Å². The van der Waals surface area contributed by atoms with E-state index in [4.69, 9.17) is 14.0 Å². The van der Waals surface area contributed by atoms with E-state index in [0.29, 0.717) is 32.7 Å². The molecule has 1 aliphatic rings. The Morgan fingerprint density at radius 1 is 1.28 bits per heavy atom. The van der Waals surface area contributed by atoms with Crippen LogP contribution in [0.25, 0.3) is 0 Å². The highest BCUT2D eigenvalue weighted by Crippen LogP contribution is 2.28. The zero-order chi connectivity index (χ0) is 12.8. The van der Waals surface area contributed by atoms with Gasteiger partial charge in [-0.1, -0.05) is 30.3 Å². The first-order valence-electron chi connectivity index (χ1n) is 5.89. The topological polar surface area (TPSA) is 44.8 Å². The van der Waals surface area contributed by atoms with Gasteiger partial charge in [0, 0.05) is 22.3 Å². The summed E-state index contributed by atoms with van der Waals surface area (Å²) in [5, 5.41) is 0. The molecule has 1 heterocycles. The van der Waals surface area contributed by atoms with Crippen molar-refractivity contribution in [2.24, 2.45) is 0 Å². The Hall–Kier alpha value is -0.960. The molecule has 1 aromatic carbocycles. The maximum atomic E-state index is 11.2. The molecule has 0 radical (unpaired) electrons. The number of cyclic esters (lactones) is 1. The highest BCUT2D eigenvalue weighted by atomic mass is 31.0. The molecule has 0 spiro atoms. The highest BCUT2D eigenvalue weighted by Gasteiger charge is 2.40. The third-order valence-electron chi connectivity index (χ3n) is 2.94. The number of benzene rings is 1. The van der Waals surface area contributed by atoms with E-state index in [1.165, 1.54) is 0 Å². The second-order valence-electron chi connectivity index (χ2n) is 4.45. The number of esters is 1. The van der Waals surface area contributed by atoms with Crippen LogP contribution in [0.4, 0.5) is 0 Å². The van der Waals surface area contributed by atoms with Crippen molar-refractivity contribution in [3.05, 3.63) is 35.9 Å². The first kappa shape index (κ1) is 13.5. The quantitative estimate of drug-likeness (QED) is 0.585. The van der Waals surface area contributed by atoms with E-state index in [2.05, 4.69) is 9.47 Å². The molecule has 1 fully saturated rings. The van der Waals surface area contributed by atoms with E-state index in [1.807, 2.05) is 30.3 Å². The van der Waals surface area contributed by atoms with Crippen molar-refractivity contribution < 1.29 is 18.8 Å². The van der Waals surface area contributed by atoms with Crippen molar-refractivity contribution >= 4 is 15.4 Å². The first-order chi connectivity index (χ1) is 8.74. The first-order valence-corrected chi connectivity index (χ1v) is 6.36. The Balaban J connectivity index is 1.85.